The van der Waals surface area contributed by atoms with Crippen LogP contribution in [-0.4, -0.2) is 32.2 Å². The lowest BCUT2D eigenvalue weighted by Gasteiger charge is -2.14. The fourth-order valence-electron chi connectivity index (χ4n) is 4.16. The molecule has 8 heteroatoms. The average Bonchev–Trinajstić information content (AvgIpc) is 3.63. The second-order valence-corrected chi connectivity index (χ2v) is 8.91. The number of aromatic nitrogens is 3. The van der Waals surface area contributed by atoms with E-state index in [2.05, 4.69) is 27.5 Å². The number of aliphatic carboxylic acids is 1. The number of carbonyl (C=O) groups excluding carboxylic acids is 1. The number of benzene rings is 3. The van der Waals surface area contributed by atoms with Gasteiger partial charge in [-0.3, -0.25) is 10.1 Å². The zero-order valence-corrected chi connectivity index (χ0v) is 19.9. The summed E-state index contributed by atoms with van der Waals surface area (Å²) in [7, 11) is 1.66. The SMILES string of the molecule is C[C@@H](OC(=O)Nc1c(C#Cc2ccc3cc(C4(C(=O)O)CC4)ccc3c2)nnn1C)c1ccccc1. The Morgan fingerprint density at radius 1 is 1.06 bits per heavy atom. The van der Waals surface area contributed by atoms with Gasteiger partial charge in [0.1, 0.15) is 6.10 Å². The molecule has 8 nitrogen and oxygen atoms in total. The number of carboxylic acids is 1. The summed E-state index contributed by atoms with van der Waals surface area (Å²) in [5.74, 6) is 5.61. The van der Waals surface area contributed by atoms with Gasteiger partial charge in [-0.25, -0.2) is 9.48 Å². The second-order valence-electron chi connectivity index (χ2n) is 8.91. The summed E-state index contributed by atoms with van der Waals surface area (Å²) in [6.07, 6.45) is 0.288. The van der Waals surface area contributed by atoms with E-state index in [1.165, 1.54) is 4.68 Å². The second kappa shape index (κ2) is 9.19. The molecule has 0 aliphatic heterocycles. The molecule has 1 aliphatic carbocycles. The van der Waals surface area contributed by atoms with Crippen molar-refractivity contribution < 1.29 is 19.4 Å². The van der Waals surface area contributed by atoms with Crippen LogP contribution >= 0.6 is 0 Å². The Bertz CT molecular complexity index is 1530. The van der Waals surface area contributed by atoms with Crippen molar-refractivity contribution >= 4 is 28.7 Å². The largest absolute Gasteiger partial charge is 0.481 e. The van der Waals surface area contributed by atoms with Gasteiger partial charge in [-0.05, 0) is 59.7 Å². The van der Waals surface area contributed by atoms with E-state index in [1.807, 2.05) is 66.7 Å². The molecule has 1 atom stereocenters. The number of ether oxygens (including phenoxy) is 1. The number of nitrogens with zero attached hydrogens (tertiary/aromatic N) is 3. The molecule has 0 unspecified atom stereocenters. The van der Waals surface area contributed by atoms with E-state index in [-0.39, 0.29) is 0 Å². The van der Waals surface area contributed by atoms with E-state index in [1.54, 1.807) is 14.0 Å². The van der Waals surface area contributed by atoms with Crippen molar-refractivity contribution in [3.8, 4) is 11.8 Å². The van der Waals surface area contributed by atoms with Gasteiger partial charge in [-0.2, -0.15) is 0 Å². The lowest BCUT2D eigenvalue weighted by Crippen LogP contribution is -2.19. The normalized spacial score (nSPS) is 14.4. The predicted octanol–water partition coefficient (Wildman–Crippen LogP) is 4.79. The molecule has 0 spiro atoms. The quantitative estimate of drug-likeness (QED) is 0.398. The molecule has 180 valence electrons. The van der Waals surface area contributed by atoms with Gasteiger partial charge in [-0.15, -0.1) is 5.10 Å². The Kier molecular flexibility index (Phi) is 5.90. The van der Waals surface area contributed by atoms with E-state index < -0.39 is 23.6 Å². The number of aryl methyl sites for hydroxylation is 1. The summed E-state index contributed by atoms with van der Waals surface area (Å²) in [6, 6.07) is 20.9. The zero-order chi connectivity index (χ0) is 25.3. The molecular formula is C28H24N4O4. The van der Waals surface area contributed by atoms with E-state index >= 15 is 0 Å². The first-order valence-corrected chi connectivity index (χ1v) is 11.6. The third-order valence-electron chi connectivity index (χ3n) is 6.48. The predicted molar refractivity (Wildman–Crippen MR) is 134 cm³/mol. The highest BCUT2D eigenvalue weighted by Crippen LogP contribution is 2.48. The fourth-order valence-corrected chi connectivity index (χ4v) is 4.16. The van der Waals surface area contributed by atoms with Gasteiger partial charge in [0.05, 0.1) is 5.41 Å². The molecule has 1 fully saturated rings. The Morgan fingerprint density at radius 2 is 1.78 bits per heavy atom. The molecule has 36 heavy (non-hydrogen) atoms. The molecule has 5 rings (SSSR count). The molecule has 1 saturated carbocycles. The van der Waals surface area contributed by atoms with Crippen LogP contribution in [0.3, 0.4) is 0 Å². The van der Waals surface area contributed by atoms with Gasteiger partial charge in [0, 0.05) is 12.6 Å². The first-order chi connectivity index (χ1) is 17.4. The van der Waals surface area contributed by atoms with Crippen LogP contribution in [0, 0.1) is 11.8 Å². The molecule has 1 aliphatic rings. The number of fused-ring (bicyclic) bond motifs is 1. The molecule has 0 bridgehead atoms. The van der Waals surface area contributed by atoms with Crippen molar-refractivity contribution in [3.05, 3.63) is 89.1 Å². The van der Waals surface area contributed by atoms with Gasteiger partial charge in [0.25, 0.3) is 0 Å². The third-order valence-corrected chi connectivity index (χ3v) is 6.48. The summed E-state index contributed by atoms with van der Waals surface area (Å²) < 4.78 is 6.91. The number of nitrogens with one attached hydrogen (secondary N) is 1. The Balaban J connectivity index is 1.32. The van der Waals surface area contributed by atoms with Crippen LogP contribution in [0.2, 0.25) is 0 Å². The van der Waals surface area contributed by atoms with Crippen molar-refractivity contribution in [2.24, 2.45) is 7.05 Å². The van der Waals surface area contributed by atoms with Crippen molar-refractivity contribution in [2.45, 2.75) is 31.3 Å². The number of rotatable bonds is 5. The third kappa shape index (κ3) is 4.51. The van der Waals surface area contributed by atoms with Crippen LogP contribution in [-0.2, 0) is 22.0 Å². The molecule has 0 saturated heterocycles. The summed E-state index contributed by atoms with van der Waals surface area (Å²) >= 11 is 0. The van der Waals surface area contributed by atoms with Crippen molar-refractivity contribution in [1.82, 2.24) is 15.0 Å². The van der Waals surface area contributed by atoms with E-state index in [0.717, 1.165) is 27.5 Å². The van der Waals surface area contributed by atoms with Crippen LogP contribution in [0.5, 0.6) is 0 Å². The zero-order valence-electron chi connectivity index (χ0n) is 19.9. The van der Waals surface area contributed by atoms with Crippen LogP contribution in [0.25, 0.3) is 10.8 Å². The molecule has 0 radical (unpaired) electrons. The number of anilines is 1. The highest BCUT2D eigenvalue weighted by molar-refractivity contribution is 5.90. The van der Waals surface area contributed by atoms with Gasteiger partial charge >= 0.3 is 12.1 Å². The number of amides is 1. The van der Waals surface area contributed by atoms with E-state index in [9.17, 15) is 14.7 Å². The number of hydrogen-bond donors (Lipinski definition) is 2. The Hall–Kier alpha value is -4.64. The minimum absolute atomic E-state index is 0.314. The van der Waals surface area contributed by atoms with Crippen molar-refractivity contribution in [1.29, 1.82) is 0 Å². The lowest BCUT2D eigenvalue weighted by molar-refractivity contribution is -0.140. The standard InChI is InChI=1S/C28H24N4O4/c1-18(20-6-4-3-5-7-20)36-27(35)29-25-24(30-31-32(25)2)13-9-19-8-10-22-17-23(12-11-21(22)16-19)28(14-15-28)26(33)34/h3-8,10-12,16-18H,14-15H2,1-2H3,(H,29,35)(H,33,34)/t18-/m1/s1. The van der Waals surface area contributed by atoms with E-state index in [0.29, 0.717) is 24.4 Å². The minimum Gasteiger partial charge on any atom is -0.481 e. The number of hydrogen-bond acceptors (Lipinski definition) is 5. The van der Waals surface area contributed by atoms with Crippen LogP contribution in [0.4, 0.5) is 10.6 Å². The maximum absolute atomic E-state index is 12.5. The molecule has 2 N–H and O–H groups in total. The topological polar surface area (TPSA) is 106 Å². The van der Waals surface area contributed by atoms with Gasteiger partial charge in [0.15, 0.2) is 11.5 Å². The Morgan fingerprint density at radius 3 is 2.50 bits per heavy atom. The smallest absolute Gasteiger partial charge is 0.413 e. The van der Waals surface area contributed by atoms with Crippen LogP contribution in [0.15, 0.2) is 66.7 Å². The number of carbonyl (C=O) groups is 2. The highest BCUT2D eigenvalue weighted by Gasteiger charge is 2.51. The van der Waals surface area contributed by atoms with Crippen molar-refractivity contribution in [2.75, 3.05) is 5.32 Å². The molecule has 1 aromatic heterocycles. The first-order valence-electron chi connectivity index (χ1n) is 11.6. The summed E-state index contributed by atoms with van der Waals surface area (Å²) in [4.78, 5) is 24.1. The fraction of sp³-hybridized carbons (Fsp3) is 0.214. The Labute approximate surface area is 207 Å². The van der Waals surface area contributed by atoms with Crippen LogP contribution < -0.4 is 5.32 Å². The minimum atomic E-state index is -0.767. The first kappa shape index (κ1) is 23.1. The van der Waals surface area contributed by atoms with Gasteiger partial charge in [0.2, 0.25) is 0 Å². The van der Waals surface area contributed by atoms with Gasteiger partial charge < -0.3 is 9.84 Å². The average molecular weight is 481 g/mol. The molecule has 3 aromatic carbocycles. The molecule has 1 amide bonds. The molecule has 1 heterocycles. The van der Waals surface area contributed by atoms with Crippen molar-refractivity contribution in [3.63, 3.8) is 0 Å². The molecular weight excluding hydrogens is 456 g/mol. The van der Waals surface area contributed by atoms with E-state index in [4.69, 9.17) is 4.74 Å². The molecule has 4 aromatic rings. The summed E-state index contributed by atoms with van der Waals surface area (Å²) in [6.45, 7) is 1.80. The maximum atomic E-state index is 12.5. The van der Waals surface area contributed by atoms with Crippen LogP contribution in [0.1, 0.15) is 48.3 Å². The number of carboxylic acid groups (broad SMARTS) is 1. The highest BCUT2D eigenvalue weighted by atomic mass is 16.6. The summed E-state index contributed by atoms with van der Waals surface area (Å²) in [5, 5.41) is 22.2. The lowest BCUT2D eigenvalue weighted by atomic mass is 9.93. The summed E-state index contributed by atoms with van der Waals surface area (Å²) in [5.41, 5.74) is 2.06. The maximum Gasteiger partial charge on any atom is 0.413 e. The monoisotopic (exact) mass is 480 g/mol. The van der Waals surface area contributed by atoms with Gasteiger partial charge in [-0.1, -0.05) is 65.7 Å².